The molecular weight excluding hydrogens is 186 g/mol. The summed E-state index contributed by atoms with van der Waals surface area (Å²) in [5, 5.41) is 0. The van der Waals surface area contributed by atoms with E-state index in [-0.39, 0.29) is 12.1 Å². The molecule has 0 atom stereocenters. The molecule has 13 heavy (non-hydrogen) atoms. The van der Waals surface area contributed by atoms with Gasteiger partial charge in [0.15, 0.2) is 0 Å². The topological polar surface area (TPSA) is 26.0 Å². The minimum Gasteiger partial charge on any atom is -0.326 e. The van der Waals surface area contributed by atoms with E-state index in [4.69, 9.17) is 5.73 Å². The van der Waals surface area contributed by atoms with Crippen molar-refractivity contribution in [3.63, 3.8) is 0 Å². The van der Waals surface area contributed by atoms with Crippen LogP contribution in [0.15, 0.2) is 18.2 Å². The van der Waals surface area contributed by atoms with E-state index < -0.39 is 18.6 Å². The summed E-state index contributed by atoms with van der Waals surface area (Å²) < 4.78 is 44.1. The highest BCUT2D eigenvalue weighted by Crippen LogP contribution is 2.07. The molecule has 0 aromatic heterocycles. The summed E-state index contributed by atoms with van der Waals surface area (Å²) in [5.74, 6) is -0.911. The van der Waals surface area contributed by atoms with Crippen molar-refractivity contribution >= 4 is 0 Å². The summed E-state index contributed by atoms with van der Waals surface area (Å²) in [7, 11) is 0. The zero-order valence-electron chi connectivity index (χ0n) is 6.74. The Labute approximate surface area is 73.2 Å². The first-order chi connectivity index (χ1) is 6.15. The van der Waals surface area contributed by atoms with Gasteiger partial charge in [-0.25, -0.2) is 17.6 Å². The van der Waals surface area contributed by atoms with Crippen molar-refractivity contribution in [2.75, 3.05) is 6.93 Å². The third-order valence-electron chi connectivity index (χ3n) is 1.23. The predicted molar refractivity (Wildman–Crippen MR) is 41.3 cm³/mol. The van der Waals surface area contributed by atoms with Crippen molar-refractivity contribution in [1.29, 1.82) is 0 Å². The van der Waals surface area contributed by atoms with Gasteiger partial charge in [-0.1, -0.05) is 0 Å². The standard InChI is InChI=1S/C7H7F2N.CH2F2/c8-6-1-2-7(9)5(3-6)4-10;2-1-3/h1-3H,4,10H2;1H2. The molecule has 0 amide bonds. The van der Waals surface area contributed by atoms with Gasteiger partial charge < -0.3 is 5.73 Å². The SMILES string of the molecule is FCF.NCc1cc(F)ccc1F. The number of halogens is 4. The van der Waals surface area contributed by atoms with Gasteiger partial charge in [0, 0.05) is 12.1 Å². The van der Waals surface area contributed by atoms with E-state index in [0.29, 0.717) is 0 Å². The van der Waals surface area contributed by atoms with Crippen LogP contribution in [0.3, 0.4) is 0 Å². The highest BCUT2D eigenvalue weighted by molar-refractivity contribution is 5.17. The third kappa shape index (κ3) is 4.47. The zero-order chi connectivity index (χ0) is 10.3. The van der Waals surface area contributed by atoms with E-state index in [0.717, 1.165) is 18.2 Å². The van der Waals surface area contributed by atoms with Gasteiger partial charge in [-0.15, -0.1) is 0 Å². The Hall–Kier alpha value is -1.10. The maximum absolute atomic E-state index is 12.5. The summed E-state index contributed by atoms with van der Waals surface area (Å²) in [4.78, 5) is 0. The Morgan fingerprint density at radius 1 is 1.15 bits per heavy atom. The molecule has 0 aliphatic carbocycles. The van der Waals surface area contributed by atoms with Crippen LogP contribution in [0.5, 0.6) is 0 Å². The van der Waals surface area contributed by atoms with Crippen LogP contribution in [0.4, 0.5) is 17.6 Å². The molecule has 0 saturated carbocycles. The number of hydrogen-bond acceptors (Lipinski definition) is 1. The molecule has 1 rings (SSSR count). The normalized spacial score (nSPS) is 9.00. The van der Waals surface area contributed by atoms with Crippen LogP contribution in [0, 0.1) is 11.6 Å². The number of hydrogen-bond donors (Lipinski definition) is 1. The van der Waals surface area contributed by atoms with Gasteiger partial charge in [-0.05, 0) is 18.2 Å². The monoisotopic (exact) mass is 195 g/mol. The lowest BCUT2D eigenvalue weighted by Crippen LogP contribution is -1.99. The molecule has 0 fully saturated rings. The molecule has 0 radical (unpaired) electrons. The molecule has 0 bridgehead atoms. The summed E-state index contributed by atoms with van der Waals surface area (Å²) in [5.41, 5.74) is 5.32. The van der Waals surface area contributed by atoms with Crippen LogP contribution in [0.1, 0.15) is 5.56 Å². The lowest BCUT2D eigenvalue weighted by atomic mass is 10.2. The molecule has 0 saturated heterocycles. The molecule has 0 aliphatic heterocycles. The van der Waals surface area contributed by atoms with Gasteiger partial charge >= 0.3 is 0 Å². The molecule has 0 aliphatic rings. The molecule has 0 unspecified atom stereocenters. The van der Waals surface area contributed by atoms with Crippen molar-refractivity contribution in [2.24, 2.45) is 5.73 Å². The Morgan fingerprint density at radius 3 is 2.08 bits per heavy atom. The van der Waals surface area contributed by atoms with E-state index in [1.54, 1.807) is 0 Å². The van der Waals surface area contributed by atoms with Crippen molar-refractivity contribution in [1.82, 2.24) is 0 Å². The first kappa shape index (κ1) is 11.9. The molecule has 1 aromatic carbocycles. The van der Waals surface area contributed by atoms with E-state index in [1.807, 2.05) is 0 Å². The van der Waals surface area contributed by atoms with Crippen LogP contribution in [-0.4, -0.2) is 6.93 Å². The third-order valence-corrected chi connectivity index (χ3v) is 1.23. The van der Waals surface area contributed by atoms with E-state index in [9.17, 15) is 17.6 Å². The van der Waals surface area contributed by atoms with Crippen molar-refractivity contribution in [3.8, 4) is 0 Å². The molecule has 2 N–H and O–H groups in total. The van der Waals surface area contributed by atoms with Crippen LogP contribution in [0.2, 0.25) is 0 Å². The summed E-state index contributed by atoms with van der Waals surface area (Å²) in [6.45, 7) is -1.72. The second-order valence-corrected chi connectivity index (χ2v) is 2.04. The molecule has 5 heteroatoms. The lowest BCUT2D eigenvalue weighted by Gasteiger charge is -1.97. The molecule has 1 nitrogen and oxygen atoms in total. The van der Waals surface area contributed by atoms with Gasteiger partial charge in [0.2, 0.25) is 6.93 Å². The second kappa shape index (κ2) is 6.42. The van der Waals surface area contributed by atoms with Gasteiger partial charge in [0.05, 0.1) is 0 Å². The van der Waals surface area contributed by atoms with Crippen LogP contribution in [0.25, 0.3) is 0 Å². The molecule has 74 valence electrons. The maximum atomic E-state index is 12.5. The lowest BCUT2D eigenvalue weighted by molar-refractivity contribution is 0.295. The van der Waals surface area contributed by atoms with Crippen molar-refractivity contribution in [2.45, 2.75) is 6.54 Å². The average Bonchev–Trinajstić information content (AvgIpc) is 2.10. The number of rotatable bonds is 1. The minimum atomic E-state index is -1.75. The minimum absolute atomic E-state index is 0.0313. The largest absolute Gasteiger partial charge is 0.326 e. The highest BCUT2D eigenvalue weighted by atomic mass is 19.3. The maximum Gasteiger partial charge on any atom is 0.229 e. The molecule has 0 spiro atoms. The number of nitrogens with two attached hydrogens (primary N) is 1. The van der Waals surface area contributed by atoms with Gasteiger partial charge in [0.1, 0.15) is 11.6 Å². The summed E-state index contributed by atoms with van der Waals surface area (Å²) in [6.07, 6.45) is 0. The highest BCUT2D eigenvalue weighted by Gasteiger charge is 1.99. The van der Waals surface area contributed by atoms with E-state index in [2.05, 4.69) is 0 Å². The molecular formula is C8H9F4N. The summed E-state index contributed by atoms with van der Waals surface area (Å²) in [6, 6.07) is 3.22. The van der Waals surface area contributed by atoms with Gasteiger partial charge in [0.25, 0.3) is 0 Å². The quantitative estimate of drug-likeness (QED) is 0.683. The smallest absolute Gasteiger partial charge is 0.229 e. The van der Waals surface area contributed by atoms with E-state index in [1.165, 1.54) is 0 Å². The Balaban J connectivity index is 0.000000424. The van der Waals surface area contributed by atoms with Gasteiger partial charge in [-0.3, -0.25) is 0 Å². The number of benzene rings is 1. The van der Waals surface area contributed by atoms with E-state index >= 15 is 0 Å². The zero-order valence-corrected chi connectivity index (χ0v) is 6.74. The Morgan fingerprint density at radius 2 is 1.69 bits per heavy atom. The average molecular weight is 195 g/mol. The fourth-order valence-corrected chi connectivity index (χ4v) is 0.700. The second-order valence-electron chi connectivity index (χ2n) is 2.04. The van der Waals surface area contributed by atoms with Crippen molar-refractivity contribution in [3.05, 3.63) is 35.4 Å². The predicted octanol–water partition coefficient (Wildman–Crippen LogP) is 2.31. The van der Waals surface area contributed by atoms with Crippen LogP contribution in [-0.2, 0) is 6.54 Å². The fourth-order valence-electron chi connectivity index (χ4n) is 0.700. The first-order valence-electron chi connectivity index (χ1n) is 3.41. The first-order valence-corrected chi connectivity index (χ1v) is 3.41. The van der Waals surface area contributed by atoms with Crippen LogP contribution < -0.4 is 5.73 Å². The number of alkyl halides is 2. The Bertz CT molecular complexity index is 252. The molecule has 0 heterocycles. The van der Waals surface area contributed by atoms with Crippen LogP contribution >= 0.6 is 0 Å². The molecule has 1 aromatic rings. The Kier molecular flexibility index (Phi) is 5.88. The van der Waals surface area contributed by atoms with Crippen molar-refractivity contribution < 1.29 is 17.6 Å². The fraction of sp³-hybridized carbons (Fsp3) is 0.250. The van der Waals surface area contributed by atoms with Gasteiger partial charge in [-0.2, -0.15) is 0 Å². The summed E-state index contributed by atoms with van der Waals surface area (Å²) >= 11 is 0.